The number of aliphatic hydroxyl groups is 2. The van der Waals surface area contributed by atoms with E-state index in [0.717, 1.165) is 44.9 Å². The number of unbranched alkanes of at least 4 members (excludes halogenated alkanes) is 59. The van der Waals surface area contributed by atoms with Gasteiger partial charge in [-0.25, -0.2) is 0 Å². The lowest BCUT2D eigenvalue weighted by molar-refractivity contribution is -0.143. The van der Waals surface area contributed by atoms with Gasteiger partial charge in [0.05, 0.1) is 25.4 Å². The van der Waals surface area contributed by atoms with Crippen LogP contribution in [0.25, 0.3) is 0 Å². The molecule has 6 heteroatoms. The summed E-state index contributed by atoms with van der Waals surface area (Å²) in [4.78, 5) is 24.6. The van der Waals surface area contributed by atoms with Crippen LogP contribution in [0.5, 0.6) is 0 Å². The third kappa shape index (κ3) is 67.7. The number of hydrogen-bond donors (Lipinski definition) is 3. The van der Waals surface area contributed by atoms with Gasteiger partial charge in [-0.1, -0.05) is 386 Å². The number of allylic oxidation sites excluding steroid dienone is 2. The molecular formula is C76H149NO5. The van der Waals surface area contributed by atoms with Crippen LogP contribution >= 0.6 is 0 Å². The first-order valence-corrected chi connectivity index (χ1v) is 37.9. The molecule has 1 amide bonds. The second-order valence-electron chi connectivity index (χ2n) is 26.3. The fraction of sp³-hybridized carbons (Fsp3) is 0.947. The van der Waals surface area contributed by atoms with Gasteiger partial charge in [0, 0.05) is 12.8 Å². The Bertz CT molecular complexity index is 1240. The summed E-state index contributed by atoms with van der Waals surface area (Å²) in [7, 11) is 0. The van der Waals surface area contributed by atoms with E-state index in [-0.39, 0.29) is 18.5 Å². The van der Waals surface area contributed by atoms with Crippen molar-refractivity contribution in [1.29, 1.82) is 0 Å². The van der Waals surface area contributed by atoms with Gasteiger partial charge in [-0.3, -0.25) is 9.59 Å². The molecule has 0 heterocycles. The Morgan fingerprint density at radius 1 is 0.329 bits per heavy atom. The van der Waals surface area contributed by atoms with Crippen molar-refractivity contribution >= 4 is 11.9 Å². The molecule has 0 radical (unpaired) electrons. The maximum Gasteiger partial charge on any atom is 0.305 e. The molecule has 0 aromatic heterocycles. The molecule has 0 saturated heterocycles. The number of amides is 1. The van der Waals surface area contributed by atoms with Gasteiger partial charge in [0.15, 0.2) is 0 Å². The zero-order valence-corrected chi connectivity index (χ0v) is 56.0. The van der Waals surface area contributed by atoms with Gasteiger partial charge in [-0.15, -0.1) is 0 Å². The van der Waals surface area contributed by atoms with Crippen molar-refractivity contribution in [1.82, 2.24) is 5.32 Å². The van der Waals surface area contributed by atoms with Crippen molar-refractivity contribution in [2.75, 3.05) is 13.2 Å². The molecule has 2 unspecified atom stereocenters. The molecule has 488 valence electrons. The quantitative estimate of drug-likeness (QED) is 0.0320. The van der Waals surface area contributed by atoms with Crippen LogP contribution in [-0.2, 0) is 14.3 Å². The standard InChI is InChI=1S/C76H149NO5/c1-3-5-7-9-11-13-15-17-18-38-41-45-48-52-56-60-64-68-74(79)73(72-78)77-75(80)69-65-61-57-53-49-46-42-39-36-34-32-30-28-26-24-22-20-19-21-23-25-27-29-31-33-35-37-40-43-47-51-55-59-63-67-71-82-76(81)70-66-62-58-54-50-44-16-14-12-10-8-6-4-2/h14,16,73-74,78-79H,3-13,15,17-72H2,1-2H3,(H,77,80)/b16-14-. The molecule has 0 aliphatic carbocycles. The minimum Gasteiger partial charge on any atom is -0.466 e. The number of hydrogen-bond acceptors (Lipinski definition) is 5. The maximum atomic E-state index is 12.5. The molecule has 0 aliphatic rings. The Kier molecular flexibility index (Phi) is 70.8. The fourth-order valence-electron chi connectivity index (χ4n) is 12.3. The molecule has 0 bridgehead atoms. The summed E-state index contributed by atoms with van der Waals surface area (Å²) in [6, 6.07) is -0.537. The molecule has 0 aromatic carbocycles. The van der Waals surface area contributed by atoms with Gasteiger partial charge in [0.2, 0.25) is 5.91 Å². The normalized spacial score (nSPS) is 12.5. The van der Waals surface area contributed by atoms with Crippen molar-refractivity contribution in [2.24, 2.45) is 0 Å². The zero-order chi connectivity index (χ0) is 59.2. The van der Waals surface area contributed by atoms with E-state index in [4.69, 9.17) is 4.74 Å². The molecule has 0 saturated carbocycles. The number of carbonyl (C=O) groups excluding carboxylic acids is 2. The van der Waals surface area contributed by atoms with Crippen LogP contribution in [0, 0.1) is 0 Å². The average Bonchev–Trinajstić information content (AvgIpc) is 3.48. The number of rotatable bonds is 72. The first-order valence-electron chi connectivity index (χ1n) is 37.9. The van der Waals surface area contributed by atoms with Crippen LogP contribution in [0.4, 0.5) is 0 Å². The van der Waals surface area contributed by atoms with Gasteiger partial charge < -0.3 is 20.3 Å². The Morgan fingerprint density at radius 2 is 0.573 bits per heavy atom. The van der Waals surface area contributed by atoms with E-state index in [2.05, 4.69) is 31.3 Å². The molecular weight excluding hydrogens is 1010 g/mol. The van der Waals surface area contributed by atoms with Crippen molar-refractivity contribution in [3.05, 3.63) is 12.2 Å². The van der Waals surface area contributed by atoms with Crippen LogP contribution < -0.4 is 5.32 Å². The molecule has 82 heavy (non-hydrogen) atoms. The highest BCUT2D eigenvalue weighted by molar-refractivity contribution is 5.76. The highest BCUT2D eigenvalue weighted by Gasteiger charge is 2.20. The molecule has 0 spiro atoms. The van der Waals surface area contributed by atoms with Crippen molar-refractivity contribution in [2.45, 2.75) is 450 Å². The first-order chi connectivity index (χ1) is 40.5. The highest BCUT2D eigenvalue weighted by Crippen LogP contribution is 2.20. The van der Waals surface area contributed by atoms with E-state index in [1.165, 1.54) is 360 Å². The van der Waals surface area contributed by atoms with Gasteiger partial charge >= 0.3 is 5.97 Å². The molecule has 3 N–H and O–H groups in total. The van der Waals surface area contributed by atoms with Gasteiger partial charge in [0.1, 0.15) is 0 Å². The minimum absolute atomic E-state index is 0.0142. The van der Waals surface area contributed by atoms with E-state index >= 15 is 0 Å². The Labute approximate surface area is 514 Å². The van der Waals surface area contributed by atoms with Crippen LogP contribution in [0.3, 0.4) is 0 Å². The van der Waals surface area contributed by atoms with E-state index in [1.807, 2.05) is 0 Å². The fourth-order valence-corrected chi connectivity index (χ4v) is 12.3. The van der Waals surface area contributed by atoms with Crippen LogP contribution in [-0.4, -0.2) is 47.4 Å². The number of aliphatic hydroxyl groups excluding tert-OH is 2. The van der Waals surface area contributed by atoms with Gasteiger partial charge in [-0.2, -0.15) is 0 Å². The van der Waals surface area contributed by atoms with Gasteiger partial charge in [0.25, 0.3) is 0 Å². The van der Waals surface area contributed by atoms with E-state index in [0.29, 0.717) is 25.9 Å². The van der Waals surface area contributed by atoms with Gasteiger partial charge in [-0.05, 0) is 51.4 Å². The first kappa shape index (κ1) is 80.6. The summed E-state index contributed by atoms with van der Waals surface area (Å²) < 4.78 is 5.49. The topological polar surface area (TPSA) is 95.9 Å². The van der Waals surface area contributed by atoms with Crippen LogP contribution in [0.1, 0.15) is 438 Å². The van der Waals surface area contributed by atoms with Crippen molar-refractivity contribution in [3.8, 4) is 0 Å². The van der Waals surface area contributed by atoms with E-state index < -0.39 is 12.1 Å². The maximum absolute atomic E-state index is 12.5. The number of esters is 1. The lowest BCUT2D eigenvalue weighted by Gasteiger charge is -2.22. The lowest BCUT2D eigenvalue weighted by atomic mass is 10.0. The Balaban J connectivity index is 3.30. The smallest absolute Gasteiger partial charge is 0.305 e. The van der Waals surface area contributed by atoms with E-state index in [1.54, 1.807) is 0 Å². The second kappa shape index (κ2) is 72.1. The average molecular weight is 1160 g/mol. The minimum atomic E-state index is -0.660. The van der Waals surface area contributed by atoms with Crippen LogP contribution in [0.2, 0.25) is 0 Å². The Morgan fingerprint density at radius 3 is 0.878 bits per heavy atom. The molecule has 0 fully saturated rings. The number of ether oxygens (including phenoxy) is 1. The summed E-state index contributed by atoms with van der Waals surface area (Å²) in [5, 5.41) is 23.4. The largest absolute Gasteiger partial charge is 0.466 e. The summed E-state index contributed by atoms with van der Waals surface area (Å²) in [6.07, 6.45) is 90.1. The lowest BCUT2D eigenvalue weighted by Crippen LogP contribution is -2.45. The predicted molar refractivity (Wildman–Crippen MR) is 361 cm³/mol. The third-order valence-electron chi connectivity index (χ3n) is 18.1. The van der Waals surface area contributed by atoms with E-state index in [9.17, 15) is 19.8 Å². The zero-order valence-electron chi connectivity index (χ0n) is 56.0. The Hall–Kier alpha value is -1.40. The van der Waals surface area contributed by atoms with Crippen molar-refractivity contribution in [3.63, 3.8) is 0 Å². The molecule has 0 aliphatic heterocycles. The van der Waals surface area contributed by atoms with Crippen LogP contribution in [0.15, 0.2) is 12.2 Å². The number of nitrogens with one attached hydrogen (secondary N) is 1. The predicted octanol–water partition coefficient (Wildman–Crippen LogP) is 24.7. The number of carbonyl (C=O) groups is 2. The summed E-state index contributed by atoms with van der Waals surface area (Å²) in [5.74, 6) is -0.0110. The highest BCUT2D eigenvalue weighted by atomic mass is 16.5. The molecule has 2 atom stereocenters. The van der Waals surface area contributed by atoms with Crippen molar-refractivity contribution < 1.29 is 24.5 Å². The monoisotopic (exact) mass is 1160 g/mol. The summed E-state index contributed by atoms with van der Waals surface area (Å²) in [5.41, 5.74) is 0. The third-order valence-corrected chi connectivity index (χ3v) is 18.1. The second-order valence-corrected chi connectivity index (χ2v) is 26.3. The molecule has 0 aromatic rings. The summed E-state index contributed by atoms with van der Waals surface area (Å²) >= 11 is 0. The SMILES string of the molecule is CCCCCC/C=C\CCCCCCCC(=O)OCCCCCCCCCCCCCCCCCCCCCCCCCCCCCCCCCCCCCC(=O)NC(CO)C(O)CCCCCCCCCCCCCCCCCCC. The summed E-state index contributed by atoms with van der Waals surface area (Å²) in [6.45, 7) is 4.98. The molecule has 6 nitrogen and oxygen atoms in total. The molecule has 0 rings (SSSR count).